The van der Waals surface area contributed by atoms with Crippen LogP contribution >= 0.6 is 11.3 Å². The molecule has 37 heavy (non-hydrogen) atoms. The third-order valence-electron chi connectivity index (χ3n) is 6.43. The van der Waals surface area contributed by atoms with Crippen LogP contribution in [0.1, 0.15) is 77.3 Å². The summed E-state index contributed by atoms with van der Waals surface area (Å²) in [6.07, 6.45) is 5.70. The molecule has 0 saturated carbocycles. The fraction of sp³-hybridized carbons (Fsp3) is 0.444. The maximum atomic E-state index is 13.6. The predicted molar refractivity (Wildman–Crippen MR) is 141 cm³/mol. The van der Waals surface area contributed by atoms with Crippen LogP contribution in [0.2, 0.25) is 0 Å². The number of aromatic amines is 1. The second-order valence-corrected chi connectivity index (χ2v) is 9.89. The molecule has 0 spiro atoms. The molecule has 0 aliphatic carbocycles. The first kappa shape index (κ1) is 26.7. The lowest BCUT2D eigenvalue weighted by Gasteiger charge is -2.27. The van der Waals surface area contributed by atoms with Crippen LogP contribution in [0.4, 0.5) is 0 Å². The Morgan fingerprint density at radius 2 is 1.92 bits per heavy atom. The van der Waals surface area contributed by atoms with Gasteiger partial charge in [-0.2, -0.15) is 0 Å². The Morgan fingerprint density at radius 1 is 1.14 bits per heavy atom. The van der Waals surface area contributed by atoms with Crippen LogP contribution < -0.4 is 5.32 Å². The van der Waals surface area contributed by atoms with Crippen molar-refractivity contribution in [2.75, 3.05) is 26.3 Å². The molecule has 1 saturated heterocycles. The molecular formula is C27H33N5O4S. The molecule has 4 rings (SSSR count). The topological polar surface area (TPSA) is 117 Å². The van der Waals surface area contributed by atoms with E-state index in [0.29, 0.717) is 67.7 Å². The van der Waals surface area contributed by atoms with Crippen molar-refractivity contribution in [1.29, 1.82) is 0 Å². The number of benzene rings is 1. The highest BCUT2D eigenvalue weighted by atomic mass is 32.1. The minimum atomic E-state index is -0.457. The molecule has 1 fully saturated rings. The van der Waals surface area contributed by atoms with Crippen LogP contribution in [0.5, 0.6) is 0 Å². The van der Waals surface area contributed by atoms with Crippen molar-refractivity contribution < 1.29 is 19.1 Å². The summed E-state index contributed by atoms with van der Waals surface area (Å²) in [7, 11) is 0. The van der Waals surface area contributed by atoms with Crippen LogP contribution in [0.15, 0.2) is 42.0 Å². The van der Waals surface area contributed by atoms with Crippen molar-refractivity contribution in [2.45, 2.75) is 51.5 Å². The Labute approximate surface area is 220 Å². The number of imidazole rings is 1. The monoisotopic (exact) mass is 523 g/mol. The summed E-state index contributed by atoms with van der Waals surface area (Å²) in [4.78, 5) is 52.7. The number of rotatable bonds is 12. The lowest BCUT2D eigenvalue weighted by atomic mass is 10.0. The SMILES string of the molecule is CCC(=O)CCCCCC(NC(=O)c1cncs1)c1[nH]c(-c2ccccc2)nc1C(=O)N1CCOCC1. The van der Waals surface area contributed by atoms with Gasteiger partial charge in [0, 0.05) is 31.5 Å². The third-order valence-corrected chi connectivity index (χ3v) is 7.20. The van der Waals surface area contributed by atoms with E-state index in [4.69, 9.17) is 9.72 Å². The second-order valence-electron chi connectivity index (χ2n) is 9.00. The van der Waals surface area contributed by atoms with E-state index in [1.54, 1.807) is 10.4 Å². The molecule has 196 valence electrons. The number of morpholine rings is 1. The Morgan fingerprint density at radius 3 is 2.62 bits per heavy atom. The van der Waals surface area contributed by atoms with Crippen LogP contribution in [0.25, 0.3) is 11.4 Å². The molecule has 3 aromatic rings. The van der Waals surface area contributed by atoms with Crippen molar-refractivity contribution in [3.05, 3.63) is 58.3 Å². The van der Waals surface area contributed by atoms with Gasteiger partial charge in [-0.25, -0.2) is 4.98 Å². The van der Waals surface area contributed by atoms with Crippen LogP contribution in [0.3, 0.4) is 0 Å². The molecule has 9 nitrogen and oxygen atoms in total. The van der Waals surface area contributed by atoms with Gasteiger partial charge in [0.05, 0.1) is 36.7 Å². The van der Waals surface area contributed by atoms with Gasteiger partial charge in [-0.05, 0) is 12.8 Å². The molecule has 2 aromatic heterocycles. The number of ketones is 1. The summed E-state index contributed by atoms with van der Waals surface area (Å²) in [6, 6.07) is 9.17. The quantitative estimate of drug-likeness (QED) is 0.340. The summed E-state index contributed by atoms with van der Waals surface area (Å²) in [6.45, 7) is 3.84. The highest BCUT2D eigenvalue weighted by Gasteiger charge is 2.30. The van der Waals surface area contributed by atoms with Gasteiger partial charge < -0.3 is 19.9 Å². The first-order chi connectivity index (χ1) is 18.1. The zero-order chi connectivity index (χ0) is 26.0. The molecule has 10 heteroatoms. The lowest BCUT2D eigenvalue weighted by Crippen LogP contribution is -2.41. The maximum absolute atomic E-state index is 13.6. The number of carbonyl (C=O) groups excluding carboxylic acids is 3. The number of ether oxygens (including phenoxy) is 1. The summed E-state index contributed by atoms with van der Waals surface area (Å²) in [5.41, 5.74) is 3.39. The summed E-state index contributed by atoms with van der Waals surface area (Å²) in [5.74, 6) is 0.420. The van der Waals surface area contributed by atoms with E-state index in [9.17, 15) is 14.4 Å². The van der Waals surface area contributed by atoms with Crippen LogP contribution in [-0.2, 0) is 9.53 Å². The highest BCUT2D eigenvalue weighted by Crippen LogP contribution is 2.28. The van der Waals surface area contributed by atoms with Crippen molar-refractivity contribution in [3.8, 4) is 11.4 Å². The summed E-state index contributed by atoms with van der Waals surface area (Å²) < 4.78 is 5.43. The number of Topliss-reactive ketones (excluding diaryl/α,β-unsaturated/α-hetero) is 1. The van der Waals surface area contributed by atoms with Crippen LogP contribution in [0, 0.1) is 0 Å². The van der Waals surface area contributed by atoms with Crippen molar-refractivity contribution in [2.24, 2.45) is 0 Å². The number of hydrogen-bond acceptors (Lipinski definition) is 7. The molecule has 3 heterocycles. The molecule has 1 aliphatic heterocycles. The standard InChI is InChI=1S/C27H33N5O4S/c1-2-20(33)11-7-4-8-12-21(29-26(34)22-17-28-18-37-22)23-24(27(35)32-13-15-36-16-14-32)31-25(30-23)19-9-5-3-6-10-19/h3,5-6,9-10,17-18,21H,2,4,7-8,11-16H2,1H3,(H,29,34)(H,30,31). The van der Waals surface area contributed by atoms with Crippen molar-refractivity contribution >= 4 is 28.9 Å². The minimum absolute atomic E-state index is 0.178. The second kappa shape index (κ2) is 13.3. The third kappa shape index (κ3) is 7.11. The fourth-order valence-corrected chi connectivity index (χ4v) is 4.84. The van der Waals surface area contributed by atoms with Gasteiger partial charge in [0.15, 0.2) is 5.69 Å². The van der Waals surface area contributed by atoms with E-state index < -0.39 is 6.04 Å². The Hall–Kier alpha value is -3.37. The molecular weight excluding hydrogens is 490 g/mol. The maximum Gasteiger partial charge on any atom is 0.274 e. The van der Waals surface area contributed by atoms with E-state index in [1.807, 2.05) is 37.3 Å². The molecule has 1 unspecified atom stereocenters. The zero-order valence-corrected chi connectivity index (χ0v) is 21.9. The van der Waals surface area contributed by atoms with Gasteiger partial charge in [-0.1, -0.05) is 50.1 Å². The Kier molecular flexibility index (Phi) is 9.56. The molecule has 0 bridgehead atoms. The molecule has 1 aliphatic rings. The van der Waals surface area contributed by atoms with Crippen molar-refractivity contribution in [3.63, 3.8) is 0 Å². The van der Waals surface area contributed by atoms with E-state index >= 15 is 0 Å². The largest absolute Gasteiger partial charge is 0.378 e. The number of thiazole rings is 1. The normalized spacial score (nSPS) is 14.4. The van der Waals surface area contributed by atoms with Crippen LogP contribution in [-0.4, -0.2) is 63.8 Å². The molecule has 1 aromatic carbocycles. The number of amides is 2. The smallest absolute Gasteiger partial charge is 0.274 e. The minimum Gasteiger partial charge on any atom is -0.378 e. The average Bonchev–Trinajstić information content (AvgIpc) is 3.64. The predicted octanol–water partition coefficient (Wildman–Crippen LogP) is 4.41. The number of carbonyl (C=O) groups is 3. The number of aromatic nitrogens is 3. The van der Waals surface area contributed by atoms with E-state index in [1.165, 1.54) is 17.5 Å². The fourth-order valence-electron chi connectivity index (χ4n) is 4.32. The molecule has 2 amide bonds. The van der Waals surface area contributed by atoms with Gasteiger partial charge >= 0.3 is 0 Å². The summed E-state index contributed by atoms with van der Waals surface area (Å²) in [5, 5.41) is 3.11. The first-order valence-corrected chi connectivity index (χ1v) is 13.7. The van der Waals surface area contributed by atoms with E-state index in [2.05, 4.69) is 15.3 Å². The number of hydrogen-bond donors (Lipinski definition) is 2. The van der Waals surface area contributed by atoms with E-state index in [0.717, 1.165) is 24.8 Å². The van der Waals surface area contributed by atoms with Gasteiger partial charge in [-0.3, -0.25) is 19.4 Å². The zero-order valence-electron chi connectivity index (χ0n) is 21.1. The van der Waals surface area contributed by atoms with E-state index in [-0.39, 0.29) is 17.6 Å². The Balaban J connectivity index is 1.62. The first-order valence-electron chi connectivity index (χ1n) is 12.8. The van der Waals surface area contributed by atoms with Crippen molar-refractivity contribution in [1.82, 2.24) is 25.2 Å². The molecule has 1 atom stereocenters. The number of unbranched alkanes of at least 4 members (excludes halogenated alkanes) is 2. The number of nitrogens with one attached hydrogen (secondary N) is 2. The van der Waals surface area contributed by atoms with Gasteiger partial charge in [0.25, 0.3) is 11.8 Å². The summed E-state index contributed by atoms with van der Waals surface area (Å²) >= 11 is 1.27. The lowest BCUT2D eigenvalue weighted by molar-refractivity contribution is -0.118. The van der Waals surface area contributed by atoms with Gasteiger partial charge in [-0.15, -0.1) is 11.3 Å². The highest BCUT2D eigenvalue weighted by molar-refractivity contribution is 7.11. The Bertz CT molecular complexity index is 1170. The van der Waals surface area contributed by atoms with Gasteiger partial charge in [0.1, 0.15) is 16.5 Å². The molecule has 0 radical (unpaired) electrons. The average molecular weight is 524 g/mol. The number of nitrogens with zero attached hydrogens (tertiary/aromatic N) is 3. The van der Waals surface area contributed by atoms with Gasteiger partial charge in [0.2, 0.25) is 0 Å². The molecule has 2 N–H and O–H groups in total. The number of H-pyrrole nitrogens is 1.